The van der Waals surface area contributed by atoms with E-state index in [-0.39, 0.29) is 11.7 Å². The summed E-state index contributed by atoms with van der Waals surface area (Å²) in [7, 11) is 0. The Morgan fingerprint density at radius 1 is 1.28 bits per heavy atom. The van der Waals surface area contributed by atoms with Gasteiger partial charge in [0.05, 0.1) is 5.75 Å². The van der Waals surface area contributed by atoms with E-state index in [1.165, 1.54) is 24.2 Å². The van der Waals surface area contributed by atoms with Gasteiger partial charge >= 0.3 is 5.97 Å². The molecule has 0 bridgehead atoms. The fraction of sp³-hybridized carbons (Fsp3) is 0.500. The summed E-state index contributed by atoms with van der Waals surface area (Å²) >= 11 is 1.24. The molecule has 1 aromatic rings. The van der Waals surface area contributed by atoms with Crippen LogP contribution in [0.3, 0.4) is 0 Å². The molecule has 1 aliphatic rings. The molecule has 1 aliphatic heterocycles. The average molecular weight is 269 g/mol. The molecular weight excluding hydrogens is 254 g/mol. The Morgan fingerprint density at radius 3 is 2.61 bits per heavy atom. The van der Waals surface area contributed by atoms with Crippen molar-refractivity contribution in [2.75, 3.05) is 18.8 Å². The van der Waals surface area contributed by atoms with Gasteiger partial charge < -0.3 is 14.4 Å². The molecular formula is C12H15NO4S. The van der Waals surface area contributed by atoms with Crippen molar-refractivity contribution in [2.24, 2.45) is 0 Å². The van der Waals surface area contributed by atoms with Crippen LogP contribution in [0.25, 0.3) is 0 Å². The maximum atomic E-state index is 11.9. The second kappa shape index (κ2) is 5.95. The molecule has 1 aromatic heterocycles. The second-order valence-corrected chi connectivity index (χ2v) is 5.13. The van der Waals surface area contributed by atoms with Crippen LogP contribution in [0.1, 0.15) is 29.8 Å². The molecule has 18 heavy (non-hydrogen) atoms. The molecule has 2 heterocycles. The summed E-state index contributed by atoms with van der Waals surface area (Å²) in [5, 5.41) is 9.17. The van der Waals surface area contributed by atoms with Gasteiger partial charge in [0.2, 0.25) is 11.7 Å². The van der Waals surface area contributed by atoms with Crippen molar-refractivity contribution in [3.63, 3.8) is 0 Å². The number of hydrogen-bond acceptors (Lipinski definition) is 4. The lowest BCUT2D eigenvalue weighted by atomic mass is 10.1. The van der Waals surface area contributed by atoms with Crippen LogP contribution in [0.2, 0.25) is 0 Å². The standard InChI is InChI=1S/C12H15NO4S/c14-10(13-6-2-1-3-7-13)8-18-11-5-4-9(17-11)12(15)16/h4-5H,1-3,6-8H2,(H,15,16). The summed E-state index contributed by atoms with van der Waals surface area (Å²) in [5.41, 5.74) is 0. The van der Waals surface area contributed by atoms with Gasteiger partial charge in [0.15, 0.2) is 5.09 Å². The number of aromatic carboxylic acids is 1. The minimum atomic E-state index is -1.09. The molecule has 1 saturated heterocycles. The van der Waals surface area contributed by atoms with Crippen molar-refractivity contribution in [3.05, 3.63) is 17.9 Å². The van der Waals surface area contributed by atoms with Gasteiger partial charge in [-0.05, 0) is 31.4 Å². The van der Waals surface area contributed by atoms with Crippen LogP contribution in [0.15, 0.2) is 21.6 Å². The number of carboxylic acids is 1. The minimum Gasteiger partial charge on any atom is -0.475 e. The highest BCUT2D eigenvalue weighted by Gasteiger charge is 2.17. The fourth-order valence-corrected chi connectivity index (χ4v) is 2.64. The van der Waals surface area contributed by atoms with Crippen LogP contribution in [-0.4, -0.2) is 40.7 Å². The third kappa shape index (κ3) is 3.29. The molecule has 0 aromatic carbocycles. The monoisotopic (exact) mass is 269 g/mol. The number of hydrogen-bond donors (Lipinski definition) is 1. The molecule has 6 heteroatoms. The Morgan fingerprint density at radius 2 is 2.00 bits per heavy atom. The zero-order valence-corrected chi connectivity index (χ0v) is 10.7. The molecule has 5 nitrogen and oxygen atoms in total. The highest BCUT2D eigenvalue weighted by molar-refractivity contribution is 7.99. The van der Waals surface area contributed by atoms with E-state index in [9.17, 15) is 9.59 Å². The molecule has 0 saturated carbocycles. The molecule has 0 radical (unpaired) electrons. The summed E-state index contributed by atoms with van der Waals surface area (Å²) in [4.78, 5) is 24.3. The zero-order chi connectivity index (χ0) is 13.0. The molecule has 0 unspecified atom stereocenters. The number of furan rings is 1. The van der Waals surface area contributed by atoms with E-state index in [0.717, 1.165) is 25.9 Å². The average Bonchev–Trinajstić information content (AvgIpc) is 2.86. The summed E-state index contributed by atoms with van der Waals surface area (Å²) in [6.07, 6.45) is 3.33. The quantitative estimate of drug-likeness (QED) is 0.847. The number of piperidine rings is 1. The van der Waals surface area contributed by atoms with Crippen molar-refractivity contribution in [2.45, 2.75) is 24.4 Å². The number of carbonyl (C=O) groups excluding carboxylic acids is 1. The lowest BCUT2D eigenvalue weighted by molar-refractivity contribution is -0.129. The minimum absolute atomic E-state index is 0.0907. The third-order valence-electron chi connectivity index (χ3n) is 2.84. The predicted octanol–water partition coefficient (Wildman–Crippen LogP) is 2.08. The van der Waals surface area contributed by atoms with Crippen LogP contribution < -0.4 is 0 Å². The van der Waals surface area contributed by atoms with Gasteiger partial charge in [0.25, 0.3) is 0 Å². The Bertz CT molecular complexity index is 437. The molecule has 0 spiro atoms. The van der Waals surface area contributed by atoms with Gasteiger partial charge in [0, 0.05) is 13.1 Å². The number of likely N-dealkylation sites (tertiary alicyclic amines) is 1. The highest BCUT2D eigenvalue weighted by atomic mass is 32.2. The van der Waals surface area contributed by atoms with Gasteiger partial charge in [-0.3, -0.25) is 4.79 Å². The Balaban J connectivity index is 1.82. The number of carboxylic acid groups (broad SMARTS) is 1. The van der Waals surface area contributed by atoms with E-state index < -0.39 is 5.97 Å². The normalized spacial score (nSPS) is 15.7. The van der Waals surface area contributed by atoms with Gasteiger partial charge in [-0.25, -0.2) is 4.79 Å². The van der Waals surface area contributed by atoms with Crippen LogP contribution >= 0.6 is 11.8 Å². The van der Waals surface area contributed by atoms with Gasteiger partial charge in [0.1, 0.15) is 0 Å². The van der Waals surface area contributed by atoms with Crippen molar-refractivity contribution >= 4 is 23.6 Å². The first-order chi connectivity index (χ1) is 8.66. The maximum Gasteiger partial charge on any atom is 0.371 e. The lowest BCUT2D eigenvalue weighted by Gasteiger charge is -2.26. The summed E-state index contributed by atoms with van der Waals surface area (Å²) in [6.45, 7) is 1.66. The Kier molecular flexibility index (Phi) is 4.30. The van der Waals surface area contributed by atoms with E-state index in [0.29, 0.717) is 10.8 Å². The number of nitrogens with zero attached hydrogens (tertiary/aromatic N) is 1. The smallest absolute Gasteiger partial charge is 0.371 e. The van der Waals surface area contributed by atoms with E-state index >= 15 is 0 Å². The molecule has 1 N–H and O–H groups in total. The summed E-state index contributed by atoms with van der Waals surface area (Å²) < 4.78 is 5.08. The first kappa shape index (κ1) is 13.0. The van der Waals surface area contributed by atoms with Gasteiger partial charge in [-0.1, -0.05) is 11.8 Å². The maximum absolute atomic E-state index is 11.9. The van der Waals surface area contributed by atoms with Crippen molar-refractivity contribution in [1.82, 2.24) is 4.90 Å². The summed E-state index contributed by atoms with van der Waals surface area (Å²) in [6, 6.07) is 2.98. The molecule has 1 amide bonds. The van der Waals surface area contributed by atoms with E-state index in [1.54, 1.807) is 6.07 Å². The topological polar surface area (TPSA) is 70.8 Å². The zero-order valence-electron chi connectivity index (χ0n) is 9.92. The SMILES string of the molecule is O=C(O)c1ccc(SCC(=O)N2CCCCC2)o1. The van der Waals surface area contributed by atoms with Crippen LogP contribution in [-0.2, 0) is 4.79 Å². The van der Waals surface area contributed by atoms with Crippen LogP contribution in [0.4, 0.5) is 0 Å². The highest BCUT2D eigenvalue weighted by Crippen LogP contribution is 2.22. The first-order valence-electron chi connectivity index (χ1n) is 5.90. The molecule has 0 atom stereocenters. The molecule has 0 aliphatic carbocycles. The van der Waals surface area contributed by atoms with E-state index in [2.05, 4.69) is 0 Å². The van der Waals surface area contributed by atoms with E-state index in [4.69, 9.17) is 9.52 Å². The third-order valence-corrected chi connectivity index (χ3v) is 3.73. The largest absolute Gasteiger partial charge is 0.475 e. The van der Waals surface area contributed by atoms with Crippen LogP contribution in [0, 0.1) is 0 Å². The van der Waals surface area contributed by atoms with Crippen molar-refractivity contribution in [3.8, 4) is 0 Å². The Hall–Kier alpha value is -1.43. The van der Waals surface area contributed by atoms with Crippen molar-refractivity contribution < 1.29 is 19.1 Å². The second-order valence-electron chi connectivity index (χ2n) is 4.15. The van der Waals surface area contributed by atoms with Crippen molar-refractivity contribution in [1.29, 1.82) is 0 Å². The molecule has 98 valence electrons. The molecule has 1 fully saturated rings. The number of amides is 1. The van der Waals surface area contributed by atoms with Gasteiger partial charge in [-0.2, -0.15) is 0 Å². The molecule has 2 rings (SSSR count). The number of carbonyl (C=O) groups is 2. The van der Waals surface area contributed by atoms with Crippen LogP contribution in [0.5, 0.6) is 0 Å². The Labute approximate surface area is 109 Å². The fourth-order valence-electron chi connectivity index (χ4n) is 1.88. The van der Waals surface area contributed by atoms with Gasteiger partial charge in [-0.15, -0.1) is 0 Å². The first-order valence-corrected chi connectivity index (χ1v) is 6.89. The van der Waals surface area contributed by atoms with E-state index in [1.807, 2.05) is 4.90 Å². The predicted molar refractivity (Wildman–Crippen MR) is 66.8 cm³/mol. The number of thioether (sulfide) groups is 1. The number of rotatable bonds is 4. The lowest BCUT2D eigenvalue weighted by Crippen LogP contribution is -2.36. The summed E-state index contributed by atoms with van der Waals surface area (Å²) in [5.74, 6) is -0.799.